The van der Waals surface area contributed by atoms with E-state index >= 15 is 4.39 Å². The molecule has 0 saturated heterocycles. The summed E-state index contributed by atoms with van der Waals surface area (Å²) < 4.78 is 60.7. The first-order chi connectivity index (χ1) is 16.3. The standard InChI is InChI=1S/C25H21F4N5/c1-14-8-16(5-6-22(14)33-12-15(2)30-13-33)9-21(29)24-31-25-18(4-3-7-34(25)32-24)23-19(27)10-17(26)11-20(23)28/h5-6,8-13,18H,3-4,7H2,1-2H3/b21-9-/t18-/m1/s1. The molecule has 0 unspecified atom stereocenters. The molecule has 0 fully saturated rings. The number of nitrogens with zero attached hydrogens (tertiary/aromatic N) is 5. The van der Waals surface area contributed by atoms with E-state index in [2.05, 4.69) is 15.1 Å². The normalized spacial score (nSPS) is 16.1. The second-order valence-electron chi connectivity index (χ2n) is 8.46. The average Bonchev–Trinajstić information content (AvgIpc) is 3.40. The van der Waals surface area contributed by atoms with Crippen molar-refractivity contribution in [1.82, 2.24) is 24.3 Å². The Morgan fingerprint density at radius 1 is 1.09 bits per heavy atom. The first-order valence-electron chi connectivity index (χ1n) is 10.9. The highest BCUT2D eigenvalue weighted by Gasteiger charge is 2.31. The molecule has 5 nitrogen and oxygen atoms in total. The van der Waals surface area contributed by atoms with Gasteiger partial charge in [0.15, 0.2) is 5.83 Å². The lowest BCUT2D eigenvalue weighted by molar-refractivity contribution is 0.421. The molecule has 3 heterocycles. The van der Waals surface area contributed by atoms with Gasteiger partial charge in [-0.1, -0.05) is 6.07 Å². The monoisotopic (exact) mass is 467 g/mol. The number of aryl methyl sites for hydroxylation is 3. The molecule has 0 aliphatic carbocycles. The smallest absolute Gasteiger partial charge is 0.210 e. The third-order valence-electron chi connectivity index (χ3n) is 5.98. The van der Waals surface area contributed by atoms with Crippen molar-refractivity contribution in [1.29, 1.82) is 0 Å². The van der Waals surface area contributed by atoms with E-state index in [9.17, 15) is 13.2 Å². The Labute approximate surface area is 193 Å². The SMILES string of the molecule is Cc1cn(-c2ccc(/C=C(\F)c3nc4n(n3)CCC[C@@H]4c3c(F)cc(F)cc3F)cc2C)cn1. The van der Waals surface area contributed by atoms with Crippen LogP contribution < -0.4 is 0 Å². The average molecular weight is 467 g/mol. The molecule has 34 heavy (non-hydrogen) atoms. The number of fused-ring (bicyclic) bond motifs is 1. The van der Waals surface area contributed by atoms with Crippen LogP contribution in [0.3, 0.4) is 0 Å². The number of imidazole rings is 1. The Balaban J connectivity index is 1.46. The molecule has 0 radical (unpaired) electrons. The van der Waals surface area contributed by atoms with Gasteiger partial charge >= 0.3 is 0 Å². The molecule has 1 aliphatic rings. The minimum atomic E-state index is -0.991. The van der Waals surface area contributed by atoms with Crippen LogP contribution in [0.5, 0.6) is 0 Å². The largest absolute Gasteiger partial charge is 0.306 e. The fourth-order valence-corrected chi connectivity index (χ4v) is 4.43. The summed E-state index contributed by atoms with van der Waals surface area (Å²) in [5, 5.41) is 4.22. The summed E-state index contributed by atoms with van der Waals surface area (Å²) in [6.07, 6.45) is 5.93. The lowest BCUT2D eigenvalue weighted by Gasteiger charge is -2.23. The van der Waals surface area contributed by atoms with E-state index in [-0.39, 0.29) is 17.2 Å². The summed E-state index contributed by atoms with van der Waals surface area (Å²) in [5.74, 6) is -4.29. The molecule has 5 rings (SSSR count). The van der Waals surface area contributed by atoms with Gasteiger partial charge in [-0.2, -0.15) is 0 Å². The summed E-state index contributed by atoms with van der Waals surface area (Å²) in [6.45, 7) is 4.28. The van der Waals surface area contributed by atoms with Crippen LogP contribution in [0.4, 0.5) is 17.6 Å². The van der Waals surface area contributed by atoms with Gasteiger partial charge in [0, 0.05) is 42.0 Å². The van der Waals surface area contributed by atoms with Crippen molar-refractivity contribution in [2.24, 2.45) is 0 Å². The zero-order valence-electron chi connectivity index (χ0n) is 18.6. The molecule has 174 valence electrons. The minimum absolute atomic E-state index is 0.156. The minimum Gasteiger partial charge on any atom is -0.306 e. The van der Waals surface area contributed by atoms with Gasteiger partial charge in [-0.15, -0.1) is 5.10 Å². The lowest BCUT2D eigenvalue weighted by atomic mass is 9.90. The van der Waals surface area contributed by atoms with Crippen LogP contribution in [-0.4, -0.2) is 24.3 Å². The maximum absolute atomic E-state index is 15.1. The number of benzene rings is 2. The molecular weight excluding hydrogens is 446 g/mol. The van der Waals surface area contributed by atoms with Crippen LogP contribution in [0, 0.1) is 31.3 Å². The zero-order valence-corrected chi connectivity index (χ0v) is 18.6. The van der Waals surface area contributed by atoms with Gasteiger partial charge in [-0.3, -0.25) is 0 Å². The van der Waals surface area contributed by atoms with Crippen LogP contribution >= 0.6 is 0 Å². The number of hydrogen-bond acceptors (Lipinski definition) is 3. The molecule has 0 N–H and O–H groups in total. The fourth-order valence-electron chi connectivity index (χ4n) is 4.43. The van der Waals surface area contributed by atoms with Gasteiger partial charge < -0.3 is 4.57 Å². The fraction of sp³-hybridized carbons (Fsp3) is 0.240. The van der Waals surface area contributed by atoms with Crippen LogP contribution in [0.25, 0.3) is 17.6 Å². The molecule has 2 aromatic carbocycles. The van der Waals surface area contributed by atoms with Gasteiger partial charge in [0.05, 0.1) is 12.0 Å². The van der Waals surface area contributed by atoms with E-state index in [1.165, 1.54) is 10.8 Å². The van der Waals surface area contributed by atoms with Crippen LogP contribution in [0.1, 0.15) is 52.8 Å². The second kappa shape index (κ2) is 8.55. The number of aromatic nitrogens is 5. The Hall–Kier alpha value is -3.75. The molecule has 0 spiro atoms. The third-order valence-corrected chi connectivity index (χ3v) is 5.98. The van der Waals surface area contributed by atoms with Crippen LogP contribution in [0.15, 0.2) is 42.9 Å². The van der Waals surface area contributed by atoms with Crippen molar-refractivity contribution < 1.29 is 17.6 Å². The Morgan fingerprint density at radius 3 is 2.53 bits per heavy atom. The number of rotatable bonds is 4. The number of halogens is 4. The Morgan fingerprint density at radius 2 is 1.85 bits per heavy atom. The molecule has 9 heteroatoms. The van der Waals surface area contributed by atoms with E-state index in [1.807, 2.05) is 36.7 Å². The van der Waals surface area contributed by atoms with Crippen molar-refractivity contribution in [2.75, 3.05) is 0 Å². The second-order valence-corrected chi connectivity index (χ2v) is 8.46. The van der Waals surface area contributed by atoms with Crippen molar-refractivity contribution >= 4 is 11.9 Å². The third kappa shape index (κ3) is 4.02. The van der Waals surface area contributed by atoms with E-state index in [0.717, 1.165) is 16.9 Å². The van der Waals surface area contributed by atoms with Gasteiger partial charge in [0.1, 0.15) is 23.3 Å². The highest BCUT2D eigenvalue weighted by molar-refractivity contribution is 5.74. The van der Waals surface area contributed by atoms with Gasteiger partial charge in [0.2, 0.25) is 5.82 Å². The van der Waals surface area contributed by atoms with E-state index < -0.39 is 29.2 Å². The quantitative estimate of drug-likeness (QED) is 0.352. The first-order valence-corrected chi connectivity index (χ1v) is 10.9. The predicted molar refractivity (Wildman–Crippen MR) is 119 cm³/mol. The van der Waals surface area contributed by atoms with E-state index in [1.54, 1.807) is 12.4 Å². The van der Waals surface area contributed by atoms with Crippen molar-refractivity contribution in [2.45, 2.75) is 39.2 Å². The zero-order chi connectivity index (χ0) is 24.0. The highest BCUT2D eigenvalue weighted by Crippen LogP contribution is 2.36. The van der Waals surface area contributed by atoms with Crippen molar-refractivity contribution in [3.8, 4) is 5.69 Å². The molecular formula is C25H21F4N5. The molecule has 0 saturated carbocycles. The van der Waals surface area contributed by atoms with Crippen LogP contribution in [-0.2, 0) is 6.54 Å². The topological polar surface area (TPSA) is 48.5 Å². The van der Waals surface area contributed by atoms with Crippen LogP contribution in [0.2, 0.25) is 0 Å². The summed E-state index contributed by atoms with van der Waals surface area (Å²) in [7, 11) is 0. The molecule has 1 atom stereocenters. The molecule has 0 bridgehead atoms. The van der Waals surface area contributed by atoms with Crippen molar-refractivity contribution in [3.63, 3.8) is 0 Å². The summed E-state index contributed by atoms with van der Waals surface area (Å²) >= 11 is 0. The summed E-state index contributed by atoms with van der Waals surface area (Å²) in [6, 6.07) is 6.78. The predicted octanol–water partition coefficient (Wildman–Crippen LogP) is 5.89. The molecule has 0 amide bonds. The maximum Gasteiger partial charge on any atom is 0.210 e. The van der Waals surface area contributed by atoms with Gasteiger partial charge in [-0.05, 0) is 56.0 Å². The summed E-state index contributed by atoms with van der Waals surface area (Å²) in [5.41, 5.74) is 3.10. The Kier molecular flexibility index (Phi) is 5.55. The van der Waals surface area contributed by atoms with Gasteiger partial charge in [-0.25, -0.2) is 32.2 Å². The van der Waals surface area contributed by atoms with Crippen molar-refractivity contribution in [3.05, 3.63) is 94.3 Å². The molecule has 2 aromatic heterocycles. The molecule has 1 aliphatic heterocycles. The number of hydrogen-bond donors (Lipinski definition) is 0. The maximum atomic E-state index is 15.1. The molecule has 4 aromatic rings. The van der Waals surface area contributed by atoms with Gasteiger partial charge in [0.25, 0.3) is 0 Å². The lowest BCUT2D eigenvalue weighted by Crippen LogP contribution is -2.20. The summed E-state index contributed by atoms with van der Waals surface area (Å²) in [4.78, 5) is 8.49. The highest BCUT2D eigenvalue weighted by atomic mass is 19.1. The Bertz CT molecular complexity index is 1400. The van der Waals surface area contributed by atoms with E-state index in [4.69, 9.17) is 0 Å². The van der Waals surface area contributed by atoms with E-state index in [0.29, 0.717) is 37.1 Å². The first kappa shape index (κ1) is 22.1.